The van der Waals surface area contributed by atoms with Crippen LogP contribution in [0.4, 0.5) is 17.1 Å². The van der Waals surface area contributed by atoms with Crippen LogP contribution in [0.2, 0.25) is 0 Å². The van der Waals surface area contributed by atoms with E-state index >= 15 is 0 Å². The lowest BCUT2D eigenvalue weighted by molar-refractivity contribution is -0.235. The first-order valence-corrected chi connectivity index (χ1v) is 22.8. The number of ether oxygens (including phenoxy) is 1. The van der Waals surface area contributed by atoms with Crippen molar-refractivity contribution in [2.24, 2.45) is 29.1 Å². The second kappa shape index (κ2) is 11.3. The zero-order chi connectivity index (χ0) is 39.8. The Morgan fingerprint density at radius 3 is 1.71 bits per heavy atom. The molecule has 6 unspecified atom stereocenters. The van der Waals surface area contributed by atoms with Gasteiger partial charge in [0.1, 0.15) is 11.5 Å². The van der Waals surface area contributed by atoms with E-state index in [1.54, 1.807) is 0 Å². The summed E-state index contributed by atoms with van der Waals surface area (Å²) in [4.78, 5) is 2.74. The molecule has 0 N–H and O–H groups in total. The number of benzene rings is 5. The molecule has 2 spiro atoms. The van der Waals surface area contributed by atoms with E-state index in [1.165, 1.54) is 100 Å². The zero-order valence-corrected chi connectivity index (χ0v) is 36.1. The third-order valence-electron chi connectivity index (χ3n) is 18.1. The van der Waals surface area contributed by atoms with Crippen LogP contribution in [0.1, 0.15) is 140 Å². The van der Waals surface area contributed by atoms with Crippen molar-refractivity contribution in [3.8, 4) is 22.6 Å². The predicted molar refractivity (Wildman–Crippen MR) is 239 cm³/mol. The van der Waals surface area contributed by atoms with E-state index in [1.807, 2.05) is 0 Å². The molecule has 1 heterocycles. The minimum Gasteiger partial charge on any atom is -0.456 e. The summed E-state index contributed by atoms with van der Waals surface area (Å²) in [6.45, 7) is 19.9. The second-order valence-corrected chi connectivity index (χ2v) is 22.6. The van der Waals surface area contributed by atoms with Crippen LogP contribution >= 0.6 is 0 Å². The minimum atomic E-state index is 0.00669. The van der Waals surface area contributed by atoms with E-state index in [9.17, 15) is 0 Å². The number of rotatable bonds is 4. The quantitative estimate of drug-likeness (QED) is 0.181. The first kappa shape index (κ1) is 35.6. The van der Waals surface area contributed by atoms with E-state index in [2.05, 4.69) is 163 Å². The number of nitrogens with zero attached hydrogens (tertiary/aromatic N) is 1. The molecule has 0 amide bonds. The van der Waals surface area contributed by atoms with E-state index < -0.39 is 0 Å². The summed E-state index contributed by atoms with van der Waals surface area (Å²) >= 11 is 0. The van der Waals surface area contributed by atoms with E-state index in [4.69, 9.17) is 4.74 Å². The Balaban J connectivity index is 1.19. The summed E-state index contributed by atoms with van der Waals surface area (Å²) in [5.74, 6) is 5.41. The lowest BCUT2D eigenvalue weighted by atomic mass is 9.26. The Morgan fingerprint density at radius 2 is 1.07 bits per heavy atom. The highest BCUT2D eigenvalue weighted by molar-refractivity contribution is 5.95. The molecule has 2 heteroatoms. The Hall–Kier alpha value is -4.30. The highest BCUT2D eigenvalue weighted by atomic mass is 16.5. The fraction of sp³-hybridized carbons (Fsp3) is 0.464. The minimum absolute atomic E-state index is 0.00669. The van der Waals surface area contributed by atoms with Gasteiger partial charge in [-0.25, -0.2) is 0 Å². The van der Waals surface area contributed by atoms with Crippen molar-refractivity contribution < 1.29 is 4.74 Å². The van der Waals surface area contributed by atoms with Gasteiger partial charge in [0.25, 0.3) is 0 Å². The predicted octanol–water partition coefficient (Wildman–Crippen LogP) is 15.0. The molecule has 0 radical (unpaired) electrons. The average molecular weight is 764 g/mol. The van der Waals surface area contributed by atoms with Crippen LogP contribution in [-0.2, 0) is 27.1 Å². The molecule has 1 aliphatic heterocycles. The molecule has 5 aromatic carbocycles. The maximum Gasteiger partial charge on any atom is 0.141 e. The van der Waals surface area contributed by atoms with Gasteiger partial charge in [0.2, 0.25) is 0 Å². The van der Waals surface area contributed by atoms with Crippen molar-refractivity contribution >= 4 is 17.1 Å². The van der Waals surface area contributed by atoms with Crippen LogP contribution in [0, 0.1) is 29.1 Å². The summed E-state index contributed by atoms with van der Waals surface area (Å²) in [7, 11) is 0. The van der Waals surface area contributed by atoms with Crippen molar-refractivity contribution in [3.05, 3.63) is 137 Å². The lowest BCUT2D eigenvalue weighted by Gasteiger charge is -2.77. The van der Waals surface area contributed by atoms with Gasteiger partial charge in [-0.3, -0.25) is 0 Å². The van der Waals surface area contributed by atoms with Crippen LogP contribution in [-0.4, -0.2) is 0 Å². The normalized spacial score (nSPS) is 31.4. The van der Waals surface area contributed by atoms with Gasteiger partial charge >= 0.3 is 0 Å². The van der Waals surface area contributed by atoms with Crippen molar-refractivity contribution in [1.29, 1.82) is 0 Å². The average Bonchev–Trinajstić information content (AvgIpc) is 3.74. The number of hydrogen-bond acceptors (Lipinski definition) is 2. The molecule has 0 saturated heterocycles. The largest absolute Gasteiger partial charge is 0.456 e. The van der Waals surface area contributed by atoms with Crippen LogP contribution in [0.15, 0.2) is 103 Å². The molecule has 4 saturated carbocycles. The molecule has 12 rings (SSSR count). The molecule has 296 valence electrons. The molecule has 2 nitrogen and oxygen atoms in total. The third kappa shape index (κ3) is 4.26. The number of anilines is 3. The fourth-order valence-electron chi connectivity index (χ4n) is 15.4. The zero-order valence-electron chi connectivity index (χ0n) is 36.1. The Kier molecular flexibility index (Phi) is 6.93. The summed E-state index contributed by atoms with van der Waals surface area (Å²) in [5.41, 5.74) is 16.0. The van der Waals surface area contributed by atoms with Gasteiger partial charge in [-0.2, -0.15) is 0 Å². The van der Waals surface area contributed by atoms with Crippen molar-refractivity contribution in [1.82, 2.24) is 0 Å². The van der Waals surface area contributed by atoms with Crippen LogP contribution < -0.4 is 9.64 Å². The summed E-state index contributed by atoms with van der Waals surface area (Å²) in [6, 6.07) is 40.1. The molecular formula is C56H61NO. The van der Waals surface area contributed by atoms with Gasteiger partial charge in [-0.1, -0.05) is 134 Å². The number of fused-ring (bicyclic) bond motifs is 9. The molecule has 5 aromatic rings. The Morgan fingerprint density at radius 1 is 0.500 bits per heavy atom. The number of hydrogen-bond donors (Lipinski definition) is 0. The van der Waals surface area contributed by atoms with Crippen LogP contribution in [0.3, 0.4) is 0 Å². The van der Waals surface area contributed by atoms with Gasteiger partial charge in [0.15, 0.2) is 0 Å². The molecule has 7 aliphatic rings. The van der Waals surface area contributed by atoms with Crippen molar-refractivity contribution in [3.63, 3.8) is 0 Å². The van der Waals surface area contributed by atoms with Gasteiger partial charge in [0.05, 0.1) is 17.1 Å². The first-order valence-electron chi connectivity index (χ1n) is 22.8. The topological polar surface area (TPSA) is 12.5 Å². The number of para-hydroxylation sites is 1. The van der Waals surface area contributed by atoms with Crippen LogP contribution in [0.5, 0.6) is 11.5 Å². The summed E-state index contributed by atoms with van der Waals surface area (Å²) < 4.78 is 7.50. The molecule has 6 atom stereocenters. The highest BCUT2D eigenvalue weighted by Crippen LogP contribution is 2.89. The van der Waals surface area contributed by atoms with Crippen LogP contribution in [0.25, 0.3) is 11.1 Å². The Labute approximate surface area is 347 Å². The van der Waals surface area contributed by atoms with Gasteiger partial charge in [-0.15, -0.1) is 0 Å². The van der Waals surface area contributed by atoms with Gasteiger partial charge in [0, 0.05) is 22.1 Å². The third-order valence-corrected chi connectivity index (χ3v) is 18.1. The molecular weight excluding hydrogens is 703 g/mol. The van der Waals surface area contributed by atoms with Gasteiger partial charge < -0.3 is 9.64 Å². The van der Waals surface area contributed by atoms with E-state index in [-0.39, 0.29) is 27.1 Å². The van der Waals surface area contributed by atoms with Gasteiger partial charge in [-0.05, 0) is 154 Å². The van der Waals surface area contributed by atoms with Crippen molar-refractivity contribution in [2.75, 3.05) is 4.90 Å². The molecule has 0 aromatic heterocycles. The van der Waals surface area contributed by atoms with E-state index in [0.29, 0.717) is 17.3 Å². The fourth-order valence-corrected chi connectivity index (χ4v) is 15.4. The smallest absolute Gasteiger partial charge is 0.141 e. The summed E-state index contributed by atoms with van der Waals surface area (Å²) in [5, 5.41) is 0. The maximum atomic E-state index is 7.50. The SMILES string of the molecule is CC1(C)CCC(C)(C)c2c(N(c3ccc4c(c3-c3ccccc3)Oc3ccccc3C43C4CC5CC6CC3C64C5)c3cccc4c3C(C)(C)CCC4(C)C)cccc21. The highest BCUT2D eigenvalue weighted by Gasteiger charge is 2.84. The monoisotopic (exact) mass is 763 g/mol. The first-order chi connectivity index (χ1) is 27.7. The van der Waals surface area contributed by atoms with E-state index in [0.717, 1.165) is 36.2 Å². The molecule has 6 aliphatic carbocycles. The Bertz CT molecular complexity index is 2480. The second-order valence-electron chi connectivity index (χ2n) is 22.6. The summed E-state index contributed by atoms with van der Waals surface area (Å²) in [6.07, 6.45) is 10.4. The molecule has 58 heavy (non-hydrogen) atoms. The molecule has 2 bridgehead atoms. The lowest BCUT2D eigenvalue weighted by Crippen LogP contribution is -2.74. The standard InChI is InChI=1S/C56H61NO/c1-51(2)26-28-53(5,6)48-38(51)19-14-21-42(48)57(43-22-15-20-39-49(43)54(7,8)29-27-52(39,3)4)41-25-24-40-50(47(41)35-16-10-9-11-17-35)58-44-23-13-12-18-37(44)56(40)45-31-34-30-36-32-46(56)55(36,45)33-34/h9-25,34,36,45-46H,26-33H2,1-8H3. The van der Waals surface area contributed by atoms with Crippen molar-refractivity contribution in [2.45, 2.75) is 134 Å². The molecule has 4 fully saturated rings. The maximum absolute atomic E-state index is 7.50.